The Morgan fingerprint density at radius 3 is 2.74 bits per heavy atom. The van der Waals surface area contributed by atoms with E-state index < -0.39 is 47.2 Å². The molecule has 2 aromatic rings. The molecule has 0 radical (unpaired) electrons. The fourth-order valence-corrected chi connectivity index (χ4v) is 6.45. The molecule has 4 atom stereocenters. The van der Waals surface area contributed by atoms with Gasteiger partial charge in [-0.3, -0.25) is 25.2 Å². The molecule has 1 spiro atoms. The second-order valence-corrected chi connectivity index (χ2v) is 11.7. The van der Waals surface area contributed by atoms with Crippen molar-refractivity contribution in [3.05, 3.63) is 65.0 Å². The van der Waals surface area contributed by atoms with E-state index in [-0.39, 0.29) is 41.6 Å². The van der Waals surface area contributed by atoms with Crippen molar-refractivity contribution in [2.24, 2.45) is 16.5 Å². The van der Waals surface area contributed by atoms with Crippen LogP contribution in [0.1, 0.15) is 46.5 Å². The van der Waals surface area contributed by atoms with Gasteiger partial charge in [0.05, 0.1) is 18.7 Å². The van der Waals surface area contributed by atoms with E-state index in [0.717, 1.165) is 18.1 Å². The highest BCUT2D eigenvalue weighted by Gasteiger charge is 2.76. The molecular formula is C28H34FN8O5+. The van der Waals surface area contributed by atoms with Gasteiger partial charge in [0.1, 0.15) is 23.7 Å². The molecule has 14 heteroatoms. The van der Waals surface area contributed by atoms with Crippen LogP contribution in [0, 0.1) is 5.82 Å². The molecule has 0 bridgehead atoms. The maximum absolute atomic E-state index is 13.6. The summed E-state index contributed by atoms with van der Waals surface area (Å²) in [6, 6.07) is 7.57. The highest BCUT2D eigenvalue weighted by Crippen LogP contribution is 2.43. The van der Waals surface area contributed by atoms with Gasteiger partial charge in [-0.1, -0.05) is 32.0 Å². The number of nitrogens with two attached hydrogens (primary N) is 2. The van der Waals surface area contributed by atoms with Crippen molar-refractivity contribution in [1.29, 1.82) is 0 Å². The Kier molecular flexibility index (Phi) is 6.31. The summed E-state index contributed by atoms with van der Waals surface area (Å²) in [6.45, 7) is 4.40. The zero-order chi connectivity index (χ0) is 30.0. The minimum absolute atomic E-state index is 0.0311. The number of nitrogens with one attached hydrogen (secondary N) is 4. The molecule has 42 heavy (non-hydrogen) atoms. The first-order valence-corrected chi connectivity index (χ1v) is 13.7. The van der Waals surface area contributed by atoms with E-state index in [1.165, 1.54) is 23.1 Å². The molecule has 2 aromatic carbocycles. The zero-order valence-electron chi connectivity index (χ0n) is 23.1. The summed E-state index contributed by atoms with van der Waals surface area (Å²) < 4.78 is 19.5. The SMILES string of the molecule is CC1(C)CCOc2c(C(=O)NC3CN4C(N)=N[C@@H](CNC(=O)c5cccc(F)c5)[C@@H]5[NH+]=C(N)N[C@@]54C3(O)O)cccc21. The van der Waals surface area contributed by atoms with Crippen LogP contribution in [-0.4, -0.2) is 88.1 Å². The number of aliphatic imine (C=N–C) groups is 1. The molecule has 2 amide bonds. The van der Waals surface area contributed by atoms with Gasteiger partial charge in [-0.05, 0) is 36.1 Å². The van der Waals surface area contributed by atoms with Crippen LogP contribution >= 0.6 is 0 Å². The number of hydrogen-bond donors (Lipinski definition) is 8. The number of hydrogen-bond acceptors (Lipinski definition) is 10. The Morgan fingerprint density at radius 1 is 1.21 bits per heavy atom. The number of amides is 2. The van der Waals surface area contributed by atoms with Gasteiger partial charge in [-0.15, -0.1) is 0 Å². The Morgan fingerprint density at radius 2 is 1.98 bits per heavy atom. The van der Waals surface area contributed by atoms with Crippen molar-refractivity contribution >= 4 is 23.7 Å². The van der Waals surface area contributed by atoms with Gasteiger partial charge in [-0.25, -0.2) is 14.7 Å². The number of rotatable bonds is 5. The lowest BCUT2D eigenvalue weighted by Crippen LogP contribution is -2.90. The quantitative estimate of drug-likeness (QED) is 0.171. The summed E-state index contributed by atoms with van der Waals surface area (Å²) in [7, 11) is 0. The van der Waals surface area contributed by atoms with E-state index in [4.69, 9.17) is 16.2 Å². The van der Waals surface area contributed by atoms with Crippen LogP contribution in [0.15, 0.2) is 47.5 Å². The molecule has 13 nitrogen and oxygen atoms in total. The van der Waals surface area contributed by atoms with Crippen LogP contribution in [0.5, 0.6) is 5.75 Å². The number of halogens is 1. The Balaban J connectivity index is 1.26. The minimum Gasteiger partial charge on any atom is -0.492 e. The van der Waals surface area contributed by atoms with Crippen LogP contribution in [0.3, 0.4) is 0 Å². The number of nitrogens with zero attached hydrogens (tertiary/aromatic N) is 2. The summed E-state index contributed by atoms with van der Waals surface area (Å²) in [6.07, 6.45) is 0.794. The highest BCUT2D eigenvalue weighted by molar-refractivity contribution is 5.98. The lowest BCUT2D eigenvalue weighted by molar-refractivity contribution is -0.521. The zero-order valence-corrected chi connectivity index (χ0v) is 23.1. The first-order chi connectivity index (χ1) is 19.8. The molecule has 4 aliphatic rings. The maximum Gasteiger partial charge on any atom is 0.343 e. The molecule has 222 valence electrons. The lowest BCUT2D eigenvalue weighted by atomic mass is 9.79. The monoisotopic (exact) mass is 581 g/mol. The van der Waals surface area contributed by atoms with Gasteiger partial charge in [0, 0.05) is 17.7 Å². The van der Waals surface area contributed by atoms with E-state index in [9.17, 15) is 24.2 Å². The number of carbonyl (C=O) groups excluding carboxylic acids is 2. The predicted molar refractivity (Wildman–Crippen MR) is 149 cm³/mol. The normalized spacial score (nSPS) is 28.2. The molecule has 1 unspecified atom stereocenters. The molecule has 4 aliphatic heterocycles. The van der Waals surface area contributed by atoms with Gasteiger partial charge in [0.25, 0.3) is 17.5 Å². The second-order valence-electron chi connectivity index (χ2n) is 11.7. The Bertz CT molecular complexity index is 1530. The summed E-state index contributed by atoms with van der Waals surface area (Å²) in [5.41, 5.74) is 11.8. The lowest BCUT2D eigenvalue weighted by Gasteiger charge is -2.46. The summed E-state index contributed by atoms with van der Waals surface area (Å²) in [5, 5.41) is 31.8. The third-order valence-corrected chi connectivity index (χ3v) is 8.71. The van der Waals surface area contributed by atoms with Gasteiger partial charge < -0.3 is 31.3 Å². The number of benzene rings is 2. The second kappa shape index (κ2) is 9.56. The first-order valence-electron chi connectivity index (χ1n) is 13.7. The standard InChI is InChI=1S/C28H33FN8O5/c1-26(2)9-10-42-20-16(7-4-8-17(20)26)23(39)34-19-13-37-25(31)33-18(12-32-22(38)14-5-3-6-15(29)11-14)21-27(37,28(19,40)41)36-24(30)35-21/h3-8,11,18-19,21,40-41H,9-10,12-13H2,1-2H3,(H2,31,33)(H,32,38)(H,34,39)(H3,30,35,36)/p+1/t18-,19?,21-,27-/m0/s1. The van der Waals surface area contributed by atoms with Crippen molar-refractivity contribution in [3.63, 3.8) is 0 Å². The van der Waals surface area contributed by atoms with E-state index in [1.54, 1.807) is 12.1 Å². The van der Waals surface area contributed by atoms with Crippen molar-refractivity contribution in [2.45, 2.75) is 55.3 Å². The molecule has 10 N–H and O–H groups in total. The topological polar surface area (TPSA) is 202 Å². The van der Waals surface area contributed by atoms with E-state index in [2.05, 4.69) is 39.8 Å². The van der Waals surface area contributed by atoms with Crippen LogP contribution in [0.2, 0.25) is 0 Å². The Hall–Kier alpha value is -4.43. The minimum atomic E-state index is -2.62. The molecular weight excluding hydrogens is 547 g/mol. The number of ether oxygens (including phenoxy) is 1. The molecule has 6 rings (SSSR count). The molecule has 0 aliphatic carbocycles. The third-order valence-electron chi connectivity index (χ3n) is 8.71. The number of para-hydroxylation sites is 1. The van der Waals surface area contributed by atoms with Gasteiger partial charge >= 0.3 is 5.96 Å². The number of guanidine groups is 2. The fraction of sp³-hybridized carbons (Fsp3) is 0.429. The van der Waals surface area contributed by atoms with E-state index in [1.807, 2.05) is 6.07 Å². The van der Waals surface area contributed by atoms with Crippen molar-refractivity contribution in [1.82, 2.24) is 20.9 Å². The molecule has 0 aromatic heterocycles. The van der Waals surface area contributed by atoms with Crippen LogP contribution in [0.4, 0.5) is 4.39 Å². The van der Waals surface area contributed by atoms with Crippen LogP contribution in [0.25, 0.3) is 0 Å². The fourth-order valence-electron chi connectivity index (χ4n) is 6.45. The summed E-state index contributed by atoms with van der Waals surface area (Å²) >= 11 is 0. The molecule has 4 heterocycles. The maximum atomic E-state index is 13.6. The van der Waals surface area contributed by atoms with Crippen LogP contribution < -0.4 is 37.1 Å². The molecule has 1 fully saturated rings. The van der Waals surface area contributed by atoms with Gasteiger partial charge in [-0.2, -0.15) is 0 Å². The number of carbonyl (C=O) groups is 2. The molecule has 0 saturated carbocycles. The third kappa shape index (κ3) is 4.12. The summed E-state index contributed by atoms with van der Waals surface area (Å²) in [4.78, 5) is 35.2. The predicted octanol–water partition coefficient (Wildman–Crippen LogP) is -2.83. The Labute approximate surface area is 240 Å². The van der Waals surface area contributed by atoms with Crippen molar-refractivity contribution < 1.29 is 33.9 Å². The average molecular weight is 582 g/mol. The number of aliphatic hydroxyl groups is 2. The first kappa shape index (κ1) is 27.7. The van der Waals surface area contributed by atoms with E-state index in [0.29, 0.717) is 12.4 Å². The van der Waals surface area contributed by atoms with Gasteiger partial charge in [0.2, 0.25) is 5.79 Å². The van der Waals surface area contributed by atoms with Gasteiger partial charge in [0.15, 0.2) is 12.0 Å². The smallest absolute Gasteiger partial charge is 0.343 e. The average Bonchev–Trinajstić information content (AvgIpc) is 3.40. The summed E-state index contributed by atoms with van der Waals surface area (Å²) in [5.74, 6) is -3.83. The van der Waals surface area contributed by atoms with Crippen molar-refractivity contribution in [3.8, 4) is 5.75 Å². The molecule has 1 saturated heterocycles. The largest absolute Gasteiger partial charge is 0.492 e. The van der Waals surface area contributed by atoms with E-state index >= 15 is 0 Å². The van der Waals surface area contributed by atoms with Crippen LogP contribution in [-0.2, 0) is 5.41 Å². The van der Waals surface area contributed by atoms with Crippen molar-refractivity contribution in [2.75, 3.05) is 19.7 Å². The highest BCUT2D eigenvalue weighted by atomic mass is 19.1. The number of fused-ring (bicyclic) bond motifs is 1.